The van der Waals surface area contributed by atoms with Gasteiger partial charge in [0.25, 0.3) is 0 Å². The van der Waals surface area contributed by atoms with Gasteiger partial charge in [0.15, 0.2) is 0 Å². The fraction of sp³-hybridized carbons (Fsp3) is 0.600. The van der Waals surface area contributed by atoms with E-state index in [0.717, 1.165) is 19.0 Å². The molecule has 0 saturated carbocycles. The van der Waals surface area contributed by atoms with Crippen molar-refractivity contribution in [2.75, 3.05) is 6.54 Å². The smallest absolute Gasteiger partial charge is 0.0205 e. The van der Waals surface area contributed by atoms with E-state index in [2.05, 4.69) is 49.5 Å². The van der Waals surface area contributed by atoms with Crippen molar-refractivity contribution in [2.45, 2.75) is 46.1 Å². The molecule has 0 fully saturated rings. The van der Waals surface area contributed by atoms with Crippen molar-refractivity contribution >= 4 is 0 Å². The molecule has 0 bridgehead atoms. The molecular weight excluding hydrogens is 194 g/mol. The molecule has 1 heteroatoms. The summed E-state index contributed by atoms with van der Waals surface area (Å²) >= 11 is 0. The third-order valence-corrected chi connectivity index (χ3v) is 3.15. The molecule has 1 rings (SSSR count). The Morgan fingerprint density at radius 1 is 1.12 bits per heavy atom. The van der Waals surface area contributed by atoms with Gasteiger partial charge < -0.3 is 5.32 Å². The Morgan fingerprint density at radius 3 is 2.50 bits per heavy atom. The molecule has 0 radical (unpaired) electrons. The first-order chi connectivity index (χ1) is 7.86. The minimum Gasteiger partial charge on any atom is -0.312 e. The average molecular weight is 219 g/mol. The molecule has 0 spiro atoms. The predicted molar refractivity (Wildman–Crippen MR) is 71.5 cm³/mol. The van der Waals surface area contributed by atoms with E-state index in [9.17, 15) is 0 Å². The highest BCUT2D eigenvalue weighted by Gasteiger charge is 2.04. The van der Waals surface area contributed by atoms with Crippen LogP contribution in [0.3, 0.4) is 0 Å². The first-order valence-corrected chi connectivity index (χ1v) is 6.61. The highest BCUT2D eigenvalue weighted by atomic mass is 14.9. The topological polar surface area (TPSA) is 12.0 Å². The Kier molecular flexibility index (Phi) is 6.91. The first kappa shape index (κ1) is 13.2. The van der Waals surface area contributed by atoms with Crippen LogP contribution in [0.2, 0.25) is 0 Å². The first-order valence-electron chi connectivity index (χ1n) is 6.61. The van der Waals surface area contributed by atoms with Crippen LogP contribution in [0.15, 0.2) is 30.3 Å². The largest absolute Gasteiger partial charge is 0.312 e. The van der Waals surface area contributed by atoms with Gasteiger partial charge in [-0.25, -0.2) is 0 Å². The summed E-state index contributed by atoms with van der Waals surface area (Å²) in [5, 5.41) is 3.56. The van der Waals surface area contributed by atoms with Gasteiger partial charge in [0.05, 0.1) is 0 Å². The Labute approximate surface area is 100 Å². The van der Waals surface area contributed by atoms with Crippen LogP contribution < -0.4 is 5.32 Å². The standard InChI is InChI=1S/C15H25N/c1-3-5-9-14(4-2)12-16-13-15-10-7-6-8-11-15/h6-8,10-11,14,16H,3-5,9,12-13H2,1-2H3. The molecule has 1 N–H and O–H groups in total. The van der Waals surface area contributed by atoms with Crippen LogP contribution in [0.4, 0.5) is 0 Å². The summed E-state index contributed by atoms with van der Waals surface area (Å²) in [7, 11) is 0. The number of hydrogen-bond acceptors (Lipinski definition) is 1. The Morgan fingerprint density at radius 2 is 1.88 bits per heavy atom. The summed E-state index contributed by atoms with van der Waals surface area (Å²) in [4.78, 5) is 0. The van der Waals surface area contributed by atoms with Crippen molar-refractivity contribution in [3.63, 3.8) is 0 Å². The van der Waals surface area contributed by atoms with Crippen LogP contribution in [0.25, 0.3) is 0 Å². The van der Waals surface area contributed by atoms with Crippen LogP contribution in [-0.4, -0.2) is 6.54 Å². The van der Waals surface area contributed by atoms with E-state index in [0.29, 0.717) is 0 Å². The minimum absolute atomic E-state index is 0.851. The van der Waals surface area contributed by atoms with Crippen LogP contribution in [0.5, 0.6) is 0 Å². The number of hydrogen-bond donors (Lipinski definition) is 1. The van der Waals surface area contributed by atoms with Crippen molar-refractivity contribution in [1.82, 2.24) is 5.32 Å². The molecule has 0 aliphatic rings. The van der Waals surface area contributed by atoms with Gasteiger partial charge in [0.2, 0.25) is 0 Å². The Bertz CT molecular complexity index is 255. The molecule has 90 valence electrons. The number of benzene rings is 1. The van der Waals surface area contributed by atoms with Gasteiger partial charge in [-0.2, -0.15) is 0 Å². The van der Waals surface area contributed by atoms with Crippen LogP contribution in [-0.2, 0) is 6.54 Å². The molecule has 1 unspecified atom stereocenters. The molecule has 0 aromatic heterocycles. The monoisotopic (exact) mass is 219 g/mol. The van der Waals surface area contributed by atoms with Crippen molar-refractivity contribution in [3.8, 4) is 0 Å². The molecule has 0 aliphatic carbocycles. The third kappa shape index (κ3) is 5.32. The zero-order valence-corrected chi connectivity index (χ0v) is 10.7. The number of nitrogens with one attached hydrogen (secondary N) is 1. The van der Waals surface area contributed by atoms with E-state index in [4.69, 9.17) is 0 Å². The lowest BCUT2D eigenvalue weighted by Gasteiger charge is -2.15. The molecule has 1 atom stereocenters. The molecule has 1 nitrogen and oxygen atoms in total. The average Bonchev–Trinajstić information content (AvgIpc) is 2.35. The second-order valence-corrected chi connectivity index (χ2v) is 4.53. The van der Waals surface area contributed by atoms with Gasteiger partial charge in [0, 0.05) is 6.54 Å². The molecule has 0 saturated heterocycles. The van der Waals surface area contributed by atoms with Crippen molar-refractivity contribution in [1.29, 1.82) is 0 Å². The summed E-state index contributed by atoms with van der Waals surface area (Å²) < 4.78 is 0. The van der Waals surface area contributed by atoms with Crippen LogP contribution in [0.1, 0.15) is 45.1 Å². The van der Waals surface area contributed by atoms with E-state index in [-0.39, 0.29) is 0 Å². The molecule has 1 aromatic carbocycles. The van der Waals surface area contributed by atoms with E-state index in [1.165, 1.54) is 31.2 Å². The maximum Gasteiger partial charge on any atom is 0.0205 e. The van der Waals surface area contributed by atoms with Gasteiger partial charge in [-0.1, -0.05) is 63.4 Å². The minimum atomic E-state index is 0.851. The highest BCUT2D eigenvalue weighted by Crippen LogP contribution is 2.11. The predicted octanol–water partition coefficient (Wildman–Crippen LogP) is 3.99. The second-order valence-electron chi connectivity index (χ2n) is 4.53. The number of rotatable bonds is 8. The summed E-state index contributed by atoms with van der Waals surface area (Å²) in [6.45, 7) is 6.73. The molecule has 0 amide bonds. The van der Waals surface area contributed by atoms with Gasteiger partial charge in [-0.15, -0.1) is 0 Å². The Hall–Kier alpha value is -0.820. The van der Waals surface area contributed by atoms with E-state index >= 15 is 0 Å². The lowest BCUT2D eigenvalue weighted by Crippen LogP contribution is -2.22. The molecule has 0 aliphatic heterocycles. The Balaban J connectivity index is 2.18. The van der Waals surface area contributed by atoms with Gasteiger partial charge in [0.1, 0.15) is 0 Å². The highest BCUT2D eigenvalue weighted by molar-refractivity contribution is 5.14. The van der Waals surface area contributed by atoms with Gasteiger partial charge in [-0.05, 0) is 24.4 Å². The maximum atomic E-state index is 3.56. The normalized spacial score (nSPS) is 12.6. The van der Waals surface area contributed by atoms with Gasteiger partial charge >= 0.3 is 0 Å². The summed E-state index contributed by atoms with van der Waals surface area (Å²) in [5.41, 5.74) is 1.38. The third-order valence-electron chi connectivity index (χ3n) is 3.15. The van der Waals surface area contributed by atoms with Crippen molar-refractivity contribution in [3.05, 3.63) is 35.9 Å². The van der Waals surface area contributed by atoms with E-state index < -0.39 is 0 Å². The van der Waals surface area contributed by atoms with Crippen LogP contribution in [0, 0.1) is 5.92 Å². The zero-order chi connectivity index (χ0) is 11.6. The summed E-state index contributed by atoms with van der Waals surface area (Å²) in [5.74, 6) is 0.851. The summed E-state index contributed by atoms with van der Waals surface area (Å²) in [6, 6.07) is 10.6. The van der Waals surface area contributed by atoms with Gasteiger partial charge in [-0.3, -0.25) is 0 Å². The van der Waals surface area contributed by atoms with Crippen molar-refractivity contribution in [2.24, 2.45) is 5.92 Å². The van der Waals surface area contributed by atoms with E-state index in [1.54, 1.807) is 0 Å². The lowest BCUT2D eigenvalue weighted by molar-refractivity contribution is 0.419. The fourth-order valence-corrected chi connectivity index (χ4v) is 1.96. The molecule has 0 heterocycles. The fourth-order valence-electron chi connectivity index (χ4n) is 1.96. The van der Waals surface area contributed by atoms with Crippen LogP contribution >= 0.6 is 0 Å². The molecule has 1 aromatic rings. The SMILES string of the molecule is CCCCC(CC)CNCc1ccccc1. The second kappa shape index (κ2) is 8.35. The molecule has 16 heavy (non-hydrogen) atoms. The zero-order valence-electron chi connectivity index (χ0n) is 10.7. The van der Waals surface area contributed by atoms with Crippen molar-refractivity contribution < 1.29 is 0 Å². The lowest BCUT2D eigenvalue weighted by atomic mass is 9.99. The maximum absolute atomic E-state index is 3.56. The van der Waals surface area contributed by atoms with E-state index in [1.807, 2.05) is 0 Å². The summed E-state index contributed by atoms with van der Waals surface area (Å²) in [6.07, 6.45) is 5.34. The number of unbranched alkanes of at least 4 members (excludes halogenated alkanes) is 1. The molecular formula is C15H25N. The quantitative estimate of drug-likeness (QED) is 0.697.